The molecule has 0 atom stereocenters. The van der Waals surface area contributed by atoms with Gasteiger partial charge in [0.1, 0.15) is 0 Å². The number of aliphatic imine (C=N–C) groups is 1. The molecule has 0 aromatic rings. The Morgan fingerprint density at radius 1 is 1.47 bits per heavy atom. The zero-order valence-electron chi connectivity index (χ0n) is 11.2. The van der Waals surface area contributed by atoms with Crippen LogP contribution in [0.5, 0.6) is 0 Å². The summed E-state index contributed by atoms with van der Waals surface area (Å²) in [5.74, 6) is 0. The highest BCUT2D eigenvalue weighted by Gasteiger charge is 2.13. The Morgan fingerprint density at radius 2 is 2.26 bits per heavy atom. The third-order valence-electron chi connectivity index (χ3n) is 3.01. The lowest BCUT2D eigenvalue weighted by atomic mass is 9.91. The zero-order valence-corrected chi connectivity index (χ0v) is 13.4. The Bertz CT molecular complexity index is 431. The highest BCUT2D eigenvalue weighted by atomic mass is 127. The van der Waals surface area contributed by atoms with Gasteiger partial charge in [-0.1, -0.05) is 41.3 Å². The van der Waals surface area contributed by atoms with Crippen LogP contribution in [-0.2, 0) is 0 Å². The summed E-state index contributed by atoms with van der Waals surface area (Å²) in [6.07, 6.45) is 11.6. The fraction of sp³-hybridized carbons (Fsp3) is 0.400. The maximum absolute atomic E-state index is 6.00. The molecule has 4 heteroatoms. The predicted molar refractivity (Wildman–Crippen MR) is 92.5 cm³/mol. The van der Waals surface area contributed by atoms with Crippen molar-refractivity contribution >= 4 is 28.8 Å². The summed E-state index contributed by atoms with van der Waals surface area (Å²) in [5.41, 5.74) is 16.1. The van der Waals surface area contributed by atoms with Crippen LogP contribution in [0.15, 0.2) is 52.3 Å². The largest absolute Gasteiger partial charge is 0.400 e. The van der Waals surface area contributed by atoms with Crippen LogP contribution in [0.25, 0.3) is 0 Å². The van der Waals surface area contributed by atoms with Gasteiger partial charge in [0.05, 0.1) is 5.70 Å². The van der Waals surface area contributed by atoms with Crippen LogP contribution in [0.4, 0.5) is 0 Å². The second kappa shape index (κ2) is 9.09. The van der Waals surface area contributed by atoms with Gasteiger partial charge < -0.3 is 11.5 Å². The van der Waals surface area contributed by atoms with E-state index < -0.39 is 0 Å². The first-order valence-corrected chi connectivity index (χ1v) is 8.05. The SMILES string of the molecule is C=CC=NC1=C(N)CCC(/C(=C/CI)CCCN)=C1. The maximum atomic E-state index is 6.00. The van der Waals surface area contributed by atoms with Crippen LogP contribution in [0, 0.1) is 0 Å². The van der Waals surface area contributed by atoms with Crippen molar-refractivity contribution in [2.75, 3.05) is 11.0 Å². The van der Waals surface area contributed by atoms with E-state index in [0.717, 1.165) is 48.0 Å². The molecule has 0 aromatic carbocycles. The van der Waals surface area contributed by atoms with Gasteiger partial charge in [-0.2, -0.15) is 0 Å². The molecule has 4 N–H and O–H groups in total. The zero-order chi connectivity index (χ0) is 14.1. The van der Waals surface area contributed by atoms with Gasteiger partial charge in [0.2, 0.25) is 0 Å². The van der Waals surface area contributed by atoms with Gasteiger partial charge in [0.25, 0.3) is 0 Å². The lowest BCUT2D eigenvalue weighted by Gasteiger charge is -2.18. The lowest BCUT2D eigenvalue weighted by molar-refractivity contribution is 0.797. The van der Waals surface area contributed by atoms with Gasteiger partial charge >= 0.3 is 0 Å². The quantitative estimate of drug-likeness (QED) is 0.410. The van der Waals surface area contributed by atoms with Crippen LogP contribution in [0.2, 0.25) is 0 Å². The van der Waals surface area contributed by atoms with Crippen molar-refractivity contribution in [3.63, 3.8) is 0 Å². The van der Waals surface area contributed by atoms with Gasteiger partial charge in [-0.05, 0) is 49.5 Å². The molecule has 0 heterocycles. The summed E-state index contributed by atoms with van der Waals surface area (Å²) in [7, 11) is 0. The van der Waals surface area contributed by atoms with E-state index in [2.05, 4.69) is 46.3 Å². The Kier molecular flexibility index (Phi) is 7.74. The molecule has 0 saturated carbocycles. The first-order valence-electron chi connectivity index (χ1n) is 6.52. The number of halogens is 1. The molecule has 3 nitrogen and oxygen atoms in total. The van der Waals surface area contributed by atoms with Gasteiger partial charge in [0.15, 0.2) is 0 Å². The minimum atomic E-state index is 0.727. The van der Waals surface area contributed by atoms with Gasteiger partial charge in [-0.3, -0.25) is 4.99 Å². The molecular formula is C15H22IN3. The average Bonchev–Trinajstić information content (AvgIpc) is 2.43. The Hall–Kier alpha value is -0.880. The summed E-state index contributed by atoms with van der Waals surface area (Å²) in [4.78, 5) is 4.34. The number of nitrogens with zero attached hydrogens (tertiary/aromatic N) is 1. The molecule has 0 spiro atoms. The van der Waals surface area contributed by atoms with Crippen molar-refractivity contribution in [2.24, 2.45) is 16.5 Å². The molecule has 1 aliphatic carbocycles. The number of alkyl halides is 1. The Labute approximate surface area is 129 Å². The van der Waals surface area contributed by atoms with Crippen molar-refractivity contribution in [1.29, 1.82) is 0 Å². The number of hydrogen-bond acceptors (Lipinski definition) is 3. The summed E-state index contributed by atoms with van der Waals surface area (Å²) < 4.78 is 1.01. The van der Waals surface area contributed by atoms with E-state index in [1.807, 2.05) is 0 Å². The fourth-order valence-corrected chi connectivity index (χ4v) is 2.54. The maximum Gasteiger partial charge on any atom is 0.0819 e. The van der Waals surface area contributed by atoms with Crippen molar-refractivity contribution in [2.45, 2.75) is 25.7 Å². The van der Waals surface area contributed by atoms with Gasteiger partial charge in [0, 0.05) is 16.3 Å². The van der Waals surface area contributed by atoms with E-state index in [4.69, 9.17) is 11.5 Å². The molecule has 0 saturated heterocycles. The first-order chi connectivity index (χ1) is 9.22. The van der Waals surface area contributed by atoms with E-state index in [1.54, 1.807) is 12.3 Å². The van der Waals surface area contributed by atoms with E-state index in [9.17, 15) is 0 Å². The molecular weight excluding hydrogens is 349 g/mol. The van der Waals surface area contributed by atoms with Crippen LogP contribution in [-0.4, -0.2) is 17.2 Å². The minimum Gasteiger partial charge on any atom is -0.400 e. The van der Waals surface area contributed by atoms with Crippen molar-refractivity contribution in [3.8, 4) is 0 Å². The molecule has 1 rings (SSSR count). The van der Waals surface area contributed by atoms with Crippen molar-refractivity contribution in [1.82, 2.24) is 0 Å². The molecule has 0 aliphatic heterocycles. The molecule has 0 unspecified atom stereocenters. The normalized spacial score (nSPS) is 16.9. The number of rotatable bonds is 7. The summed E-state index contributed by atoms with van der Waals surface area (Å²) in [5, 5.41) is 0. The monoisotopic (exact) mass is 371 g/mol. The molecule has 0 radical (unpaired) electrons. The van der Waals surface area contributed by atoms with Crippen molar-refractivity contribution in [3.05, 3.63) is 47.3 Å². The van der Waals surface area contributed by atoms with Crippen LogP contribution < -0.4 is 11.5 Å². The van der Waals surface area contributed by atoms with Crippen LogP contribution >= 0.6 is 22.6 Å². The number of nitrogens with two attached hydrogens (primary N) is 2. The predicted octanol–water partition coefficient (Wildman–Crippen LogP) is 3.23. The average molecular weight is 371 g/mol. The second-order valence-electron chi connectivity index (χ2n) is 4.37. The summed E-state index contributed by atoms with van der Waals surface area (Å²) >= 11 is 2.37. The van der Waals surface area contributed by atoms with Crippen molar-refractivity contribution < 1.29 is 0 Å². The Morgan fingerprint density at radius 3 is 2.89 bits per heavy atom. The second-order valence-corrected chi connectivity index (χ2v) is 5.25. The summed E-state index contributed by atoms with van der Waals surface area (Å²) in [6.45, 7) is 4.36. The van der Waals surface area contributed by atoms with E-state index in [-0.39, 0.29) is 0 Å². The topological polar surface area (TPSA) is 64.4 Å². The molecule has 1 aliphatic rings. The third-order valence-corrected chi connectivity index (χ3v) is 3.45. The molecule has 0 bridgehead atoms. The van der Waals surface area contributed by atoms with Crippen LogP contribution in [0.3, 0.4) is 0 Å². The third kappa shape index (κ3) is 5.32. The molecule has 0 amide bonds. The molecule has 104 valence electrons. The standard InChI is InChI=1S/C15H22IN3/c1-2-10-19-15-11-13(5-6-14(15)18)12(7-8-16)4-3-9-17/h2,7,10-11H,1,3-6,8-9,17-18H2/b12-7+,19-10?. The highest BCUT2D eigenvalue weighted by molar-refractivity contribution is 14.1. The smallest absolute Gasteiger partial charge is 0.0819 e. The van der Waals surface area contributed by atoms with E-state index in [0.29, 0.717) is 0 Å². The Balaban J connectivity index is 2.94. The minimum absolute atomic E-state index is 0.727. The number of hydrogen-bond donors (Lipinski definition) is 2. The van der Waals surface area contributed by atoms with Crippen LogP contribution in [0.1, 0.15) is 25.7 Å². The number of allylic oxidation sites excluding steroid dienone is 6. The lowest BCUT2D eigenvalue weighted by Crippen LogP contribution is -2.08. The molecule has 19 heavy (non-hydrogen) atoms. The van der Waals surface area contributed by atoms with Gasteiger partial charge in [-0.15, -0.1) is 0 Å². The fourth-order valence-electron chi connectivity index (χ4n) is 2.01. The van der Waals surface area contributed by atoms with Gasteiger partial charge in [-0.25, -0.2) is 0 Å². The first kappa shape index (κ1) is 16.2. The van der Waals surface area contributed by atoms with E-state index in [1.165, 1.54) is 11.1 Å². The van der Waals surface area contributed by atoms with E-state index >= 15 is 0 Å². The summed E-state index contributed by atoms with van der Waals surface area (Å²) in [6, 6.07) is 0. The highest BCUT2D eigenvalue weighted by Crippen LogP contribution is 2.29. The molecule has 0 aromatic heterocycles. The molecule has 0 fully saturated rings.